The number of anilines is 1. The number of rotatable bonds is 8. The number of nitro benzene ring substituents is 1. The minimum atomic E-state index is -1.23. The summed E-state index contributed by atoms with van der Waals surface area (Å²) in [4.78, 5) is 32.7. The van der Waals surface area contributed by atoms with E-state index in [1.807, 2.05) is 0 Å². The monoisotopic (exact) mass is 339 g/mol. The maximum absolute atomic E-state index is 11.3. The van der Waals surface area contributed by atoms with E-state index in [4.69, 9.17) is 9.84 Å². The van der Waals surface area contributed by atoms with Crippen LogP contribution in [0.1, 0.15) is 18.4 Å². The second kappa shape index (κ2) is 7.13. The highest BCUT2D eigenvalue weighted by Gasteiger charge is 2.33. The minimum absolute atomic E-state index is 0.145. The zero-order chi connectivity index (χ0) is 17.9. The Balaban J connectivity index is 2.31. The fourth-order valence-corrected chi connectivity index (χ4v) is 2.65. The molecule has 0 bridgehead atoms. The van der Waals surface area contributed by atoms with Crippen LogP contribution in [0.15, 0.2) is 12.1 Å². The third-order valence-corrected chi connectivity index (χ3v) is 3.75. The second-order valence-corrected chi connectivity index (χ2v) is 5.23. The summed E-state index contributed by atoms with van der Waals surface area (Å²) in [6.45, 7) is 0.313. The van der Waals surface area contributed by atoms with E-state index in [1.165, 1.54) is 24.3 Å². The quantitative estimate of drug-likeness (QED) is 0.462. The van der Waals surface area contributed by atoms with Crippen molar-refractivity contribution in [1.29, 1.82) is 0 Å². The zero-order valence-electron chi connectivity index (χ0n) is 12.9. The fraction of sp³-hybridized carbons (Fsp3) is 0.429. The molecule has 1 atom stereocenters. The Morgan fingerprint density at radius 2 is 2.17 bits per heavy atom. The van der Waals surface area contributed by atoms with Crippen LogP contribution in [0.2, 0.25) is 0 Å². The molecule has 24 heavy (non-hydrogen) atoms. The van der Waals surface area contributed by atoms with E-state index >= 15 is 0 Å². The first-order valence-corrected chi connectivity index (χ1v) is 7.17. The van der Waals surface area contributed by atoms with Crippen LogP contribution in [0.4, 0.5) is 11.4 Å². The van der Waals surface area contributed by atoms with Crippen LogP contribution in [-0.4, -0.2) is 46.8 Å². The molecule has 1 aromatic rings. The summed E-state index contributed by atoms with van der Waals surface area (Å²) in [5.74, 6) is -1.86. The van der Waals surface area contributed by atoms with Gasteiger partial charge >= 0.3 is 11.9 Å². The van der Waals surface area contributed by atoms with Crippen molar-refractivity contribution in [2.75, 3.05) is 18.7 Å². The predicted molar refractivity (Wildman–Crippen MR) is 82.1 cm³/mol. The van der Waals surface area contributed by atoms with Crippen LogP contribution in [0.25, 0.3) is 0 Å². The van der Waals surface area contributed by atoms with Crippen LogP contribution in [0.3, 0.4) is 0 Å². The standard InChI is InChI=1S/C14H17N3O7/c1-24-11-4-3-10(17(22)23)13-8(11)6-7-16(13)15-9(14(20)21)2-5-12(18)19/h3-4,9,15H,2,5-7H2,1H3,(H,18,19)(H,20,21). The third-order valence-electron chi connectivity index (χ3n) is 3.75. The Bertz CT molecular complexity index is 677. The van der Waals surface area contributed by atoms with Gasteiger partial charge in [-0.1, -0.05) is 0 Å². The van der Waals surface area contributed by atoms with Crippen LogP contribution < -0.4 is 15.2 Å². The van der Waals surface area contributed by atoms with Crippen molar-refractivity contribution in [3.8, 4) is 5.75 Å². The molecule has 1 aliphatic rings. The lowest BCUT2D eigenvalue weighted by atomic mass is 10.1. The van der Waals surface area contributed by atoms with E-state index in [0.29, 0.717) is 24.3 Å². The highest BCUT2D eigenvalue weighted by Crippen LogP contribution is 2.41. The van der Waals surface area contributed by atoms with Gasteiger partial charge in [0.05, 0.1) is 12.0 Å². The van der Waals surface area contributed by atoms with Gasteiger partial charge in [0.25, 0.3) is 5.69 Å². The molecule has 10 nitrogen and oxygen atoms in total. The maximum atomic E-state index is 11.3. The molecule has 2 rings (SSSR count). The van der Waals surface area contributed by atoms with Crippen molar-refractivity contribution in [3.05, 3.63) is 27.8 Å². The smallest absolute Gasteiger partial charge is 0.322 e. The van der Waals surface area contributed by atoms with Crippen molar-refractivity contribution >= 4 is 23.3 Å². The van der Waals surface area contributed by atoms with E-state index in [-0.39, 0.29) is 24.2 Å². The number of nitrogens with one attached hydrogen (secondary N) is 1. The molecule has 0 saturated heterocycles. The van der Waals surface area contributed by atoms with Gasteiger partial charge in [-0.25, -0.2) is 5.43 Å². The summed E-state index contributed by atoms with van der Waals surface area (Å²) >= 11 is 0. The number of carbonyl (C=O) groups is 2. The number of aliphatic carboxylic acids is 2. The SMILES string of the molecule is COc1ccc([N+](=O)[O-])c2c1CCN2NC(CCC(=O)O)C(=O)O. The summed E-state index contributed by atoms with van der Waals surface area (Å²) in [6.07, 6.45) is -0.0302. The summed E-state index contributed by atoms with van der Waals surface area (Å²) in [7, 11) is 1.45. The van der Waals surface area contributed by atoms with E-state index in [1.54, 1.807) is 0 Å². The van der Waals surface area contributed by atoms with Gasteiger partial charge in [0.2, 0.25) is 0 Å². The number of hydrogen-bond acceptors (Lipinski definition) is 7. The number of nitrogens with zero attached hydrogens (tertiary/aromatic N) is 2. The number of carboxylic acids is 2. The Labute approximate surface area is 136 Å². The first-order chi connectivity index (χ1) is 11.3. The first kappa shape index (κ1) is 17.5. The number of hydrogen-bond donors (Lipinski definition) is 3. The highest BCUT2D eigenvalue weighted by molar-refractivity contribution is 5.77. The number of fused-ring (bicyclic) bond motifs is 1. The normalized spacial score (nSPS) is 14.1. The Morgan fingerprint density at radius 1 is 1.46 bits per heavy atom. The number of nitro groups is 1. The van der Waals surface area contributed by atoms with Gasteiger partial charge in [0.1, 0.15) is 17.5 Å². The van der Waals surface area contributed by atoms with Gasteiger partial charge in [-0.2, -0.15) is 0 Å². The van der Waals surface area contributed by atoms with Crippen molar-refractivity contribution in [2.24, 2.45) is 0 Å². The molecular weight excluding hydrogens is 322 g/mol. The van der Waals surface area contributed by atoms with Crippen molar-refractivity contribution < 1.29 is 29.5 Å². The zero-order valence-corrected chi connectivity index (χ0v) is 12.9. The lowest BCUT2D eigenvalue weighted by Crippen LogP contribution is -2.48. The summed E-state index contributed by atoms with van der Waals surface area (Å²) < 4.78 is 5.20. The molecule has 1 aromatic carbocycles. The van der Waals surface area contributed by atoms with Gasteiger partial charge in [0, 0.05) is 24.6 Å². The second-order valence-electron chi connectivity index (χ2n) is 5.23. The van der Waals surface area contributed by atoms with E-state index in [2.05, 4.69) is 5.43 Å². The van der Waals surface area contributed by atoms with Crippen molar-refractivity contribution in [1.82, 2.24) is 5.43 Å². The number of hydrazine groups is 1. The summed E-state index contributed by atoms with van der Waals surface area (Å²) in [5.41, 5.74) is 3.38. The van der Waals surface area contributed by atoms with E-state index in [0.717, 1.165) is 0 Å². The molecule has 10 heteroatoms. The number of methoxy groups -OCH3 is 1. The lowest BCUT2D eigenvalue weighted by molar-refractivity contribution is -0.384. The molecule has 0 spiro atoms. The molecule has 3 N–H and O–H groups in total. The molecule has 0 amide bonds. The largest absolute Gasteiger partial charge is 0.496 e. The number of ether oxygens (including phenoxy) is 1. The Hall–Kier alpha value is -2.88. The molecule has 0 fully saturated rings. The molecule has 1 heterocycles. The predicted octanol–water partition coefficient (Wildman–Crippen LogP) is 0.788. The molecule has 0 saturated carbocycles. The average molecular weight is 339 g/mol. The molecular formula is C14H17N3O7. The van der Waals surface area contributed by atoms with Crippen molar-refractivity contribution in [2.45, 2.75) is 25.3 Å². The maximum Gasteiger partial charge on any atom is 0.322 e. The summed E-state index contributed by atoms with van der Waals surface area (Å²) in [5, 5.41) is 30.6. The summed E-state index contributed by atoms with van der Waals surface area (Å²) in [6, 6.07) is 1.63. The van der Waals surface area contributed by atoms with Gasteiger partial charge < -0.3 is 20.0 Å². The topological polar surface area (TPSA) is 142 Å². The van der Waals surface area contributed by atoms with Crippen LogP contribution in [0, 0.1) is 10.1 Å². The van der Waals surface area contributed by atoms with E-state index in [9.17, 15) is 24.8 Å². The molecule has 0 radical (unpaired) electrons. The highest BCUT2D eigenvalue weighted by atomic mass is 16.6. The number of carboxylic acid groups (broad SMARTS) is 2. The van der Waals surface area contributed by atoms with Crippen LogP contribution in [-0.2, 0) is 16.0 Å². The van der Waals surface area contributed by atoms with Crippen LogP contribution >= 0.6 is 0 Å². The first-order valence-electron chi connectivity index (χ1n) is 7.17. The van der Waals surface area contributed by atoms with Gasteiger partial charge in [-0.3, -0.25) is 19.7 Å². The molecule has 0 aliphatic carbocycles. The molecule has 130 valence electrons. The Kier molecular flexibility index (Phi) is 5.19. The fourth-order valence-electron chi connectivity index (χ4n) is 2.65. The van der Waals surface area contributed by atoms with Gasteiger partial charge in [-0.05, 0) is 18.9 Å². The lowest BCUT2D eigenvalue weighted by Gasteiger charge is -2.24. The molecule has 0 aromatic heterocycles. The molecule has 1 aliphatic heterocycles. The Morgan fingerprint density at radius 3 is 2.71 bits per heavy atom. The third kappa shape index (κ3) is 3.54. The van der Waals surface area contributed by atoms with Crippen molar-refractivity contribution in [3.63, 3.8) is 0 Å². The van der Waals surface area contributed by atoms with Gasteiger partial charge in [0.15, 0.2) is 0 Å². The minimum Gasteiger partial charge on any atom is -0.496 e. The number of benzene rings is 1. The molecule has 1 unspecified atom stereocenters. The average Bonchev–Trinajstić information content (AvgIpc) is 2.93. The van der Waals surface area contributed by atoms with Crippen LogP contribution in [0.5, 0.6) is 5.75 Å². The van der Waals surface area contributed by atoms with E-state index < -0.39 is 22.9 Å². The van der Waals surface area contributed by atoms with Gasteiger partial charge in [-0.15, -0.1) is 0 Å².